The van der Waals surface area contributed by atoms with Crippen LogP contribution in [-0.4, -0.2) is 231 Å². The van der Waals surface area contributed by atoms with Crippen LogP contribution in [0.25, 0.3) is 10.9 Å². The third-order valence-corrected chi connectivity index (χ3v) is 17.4. The van der Waals surface area contributed by atoms with Crippen molar-refractivity contribution < 1.29 is 96.5 Å². The number of primary amides is 5. The summed E-state index contributed by atoms with van der Waals surface area (Å²) in [6, 6.07) is -15.2. The number of amides is 17. The third kappa shape index (κ3) is 35.8. The molecule has 0 fully saturated rings. The zero-order valence-electron chi connectivity index (χ0n) is 64.9. The second kappa shape index (κ2) is 48.5. The first-order valence-corrected chi connectivity index (χ1v) is 36.7. The second-order valence-electron chi connectivity index (χ2n) is 28.3. The zero-order valence-corrected chi connectivity index (χ0v) is 64.9. The summed E-state index contributed by atoms with van der Waals surface area (Å²) in [5.74, 6) is -23.4. The number of fused-ring (bicyclic) bond motifs is 1. The lowest BCUT2D eigenvalue weighted by atomic mass is 9.97. The SMILES string of the molecule is CC[C@H](C)[C@H](NC(=O)[C@H](CC(N)=O)NC(=O)[C@H](CC(N)=O)NC(=O)[C@H](CCCNC(=N)N)NC(=O)[C@H](CC(N)=O)NC(=O)[C@H](CCCNC(=N)N)NC(=O)[C@@H](NC(=O)[C@H](CC(N)=O)NC(=O)[C@H](CC(C)C)NC(=O)[C@H](CC(C)C)NC(=O)[C@H](Cc1c[nH]c2ccccc12)NC(=O)[C@@H](N)CCC(N)=O)[C@@H](C)O)C(=O)N[C@@H](C)C(=O)O. The van der Waals surface area contributed by atoms with Gasteiger partial charge in [0.05, 0.1) is 37.8 Å². The van der Waals surface area contributed by atoms with Crippen LogP contribution in [0, 0.1) is 28.6 Å². The van der Waals surface area contributed by atoms with E-state index < -0.39 is 253 Å². The van der Waals surface area contributed by atoms with Gasteiger partial charge in [0.1, 0.15) is 72.5 Å². The molecule has 0 saturated carbocycles. The van der Waals surface area contributed by atoms with E-state index in [-0.39, 0.29) is 70.4 Å². The average molecular weight is 1610 g/mol. The minimum atomic E-state index is -2.10. The number of benzene rings is 1. The van der Waals surface area contributed by atoms with Gasteiger partial charge in [0.15, 0.2) is 11.9 Å². The minimum absolute atomic E-state index is 0.0436. The number of H-pyrrole nitrogens is 1. The fourth-order valence-corrected chi connectivity index (χ4v) is 11.2. The summed E-state index contributed by atoms with van der Waals surface area (Å²) in [6.45, 7) is 11.8. The molecule has 1 aromatic carbocycles. The Labute approximate surface area is 656 Å². The summed E-state index contributed by atoms with van der Waals surface area (Å²) in [7, 11) is 0. The number of rotatable bonds is 53. The Morgan fingerprint density at radius 3 is 1.14 bits per heavy atom. The quantitative estimate of drug-likeness (QED) is 0.0166. The van der Waals surface area contributed by atoms with Crippen molar-refractivity contribution in [1.82, 2.24) is 79.4 Å². The van der Waals surface area contributed by atoms with Gasteiger partial charge in [-0.05, 0) is 88.2 Å². The summed E-state index contributed by atoms with van der Waals surface area (Å²) in [5, 5.41) is 69.6. The molecule has 0 aliphatic carbocycles. The third-order valence-electron chi connectivity index (χ3n) is 17.4. The van der Waals surface area contributed by atoms with Crippen LogP contribution >= 0.6 is 0 Å². The largest absolute Gasteiger partial charge is 0.480 e. The van der Waals surface area contributed by atoms with Crippen LogP contribution in [-0.2, 0) is 92.7 Å². The molecular formula is C69H113N25O20. The molecule has 1 heterocycles. The molecule has 114 heavy (non-hydrogen) atoms. The van der Waals surface area contributed by atoms with Crippen LogP contribution in [0.1, 0.15) is 144 Å². The van der Waals surface area contributed by atoms with Gasteiger partial charge in [-0.15, -0.1) is 0 Å². The molecule has 0 aliphatic heterocycles. The molecule has 2 aromatic rings. The number of aromatic nitrogens is 1. The molecular weight excluding hydrogens is 1500 g/mol. The van der Waals surface area contributed by atoms with Gasteiger partial charge in [-0.3, -0.25) is 97.1 Å². The van der Waals surface area contributed by atoms with Gasteiger partial charge < -0.3 is 136 Å². The molecule has 17 amide bonds. The van der Waals surface area contributed by atoms with Gasteiger partial charge in [0.25, 0.3) is 0 Å². The number of aliphatic hydroxyl groups excluding tert-OH is 1. The lowest BCUT2D eigenvalue weighted by Gasteiger charge is -2.29. The predicted octanol–water partition coefficient (Wildman–Crippen LogP) is -9.23. The van der Waals surface area contributed by atoms with E-state index in [1.54, 1.807) is 65.1 Å². The number of carboxylic acids is 1. The van der Waals surface area contributed by atoms with E-state index in [1.165, 1.54) is 6.92 Å². The molecule has 45 heteroatoms. The summed E-state index contributed by atoms with van der Waals surface area (Å²) < 4.78 is 0. The van der Waals surface area contributed by atoms with Crippen molar-refractivity contribution in [2.45, 2.75) is 230 Å². The molecule has 0 radical (unpaired) electrons. The number of aliphatic carboxylic acids is 1. The molecule has 15 atom stereocenters. The number of carbonyl (C=O) groups is 18. The number of nitrogens with two attached hydrogens (primary N) is 8. The standard InChI is InChI=1S/C69H113N25O20/c1-9-32(6)53(65(111)83-33(7)67(113)114)93-63(109)46(27-51(74)99)92-62(108)45(26-50(73)98)90-56(102)39(16-12-20-80-68(76)77)84-61(107)44(25-49(72)97)89-57(103)40(17-13-21-81-69(78)79)85-66(112)54(34(8)95)94-64(110)47(28-52(75)100)91-59(105)42(23-31(4)5)87-58(104)41(22-30(2)3)88-60(106)43(86-55(101)37(70)18-19-48(71)96)24-35-29-82-38-15-11-10-14-36(35)38/h10-11,14-15,29-34,37,39-47,53-54,82,95H,9,12-13,16-28,70H2,1-8H3,(H2,71,96)(H2,72,97)(H2,73,98)(H2,74,99)(H2,75,100)(H,83,111)(H,84,107)(H,85,112)(H,86,101)(H,87,104)(H,88,106)(H,89,103)(H,90,102)(H,91,105)(H,92,108)(H,93,109)(H,94,110)(H,113,114)(H4,76,77,80)(H4,78,79,81)/t32-,33-,34+,37-,39-,40-,41-,42-,43-,44-,45-,46-,47-,53-,54-/m0/s1. The number of para-hydroxylation sites is 1. The minimum Gasteiger partial charge on any atom is -0.480 e. The van der Waals surface area contributed by atoms with E-state index in [4.69, 9.17) is 56.7 Å². The number of hydrogen-bond acceptors (Lipinski definition) is 22. The highest BCUT2D eigenvalue weighted by molar-refractivity contribution is 6.02. The maximum atomic E-state index is 14.5. The van der Waals surface area contributed by atoms with Crippen molar-refractivity contribution in [3.05, 3.63) is 36.0 Å². The Balaban J connectivity index is 2.59. The highest BCUT2D eigenvalue weighted by atomic mass is 16.4. The fourth-order valence-electron chi connectivity index (χ4n) is 11.2. The number of hydrogen-bond donors (Lipinski definition) is 27. The van der Waals surface area contributed by atoms with Crippen LogP contribution in [0.2, 0.25) is 0 Å². The highest BCUT2D eigenvalue weighted by Crippen LogP contribution is 2.21. The molecule has 0 spiro atoms. The molecule has 634 valence electrons. The van der Waals surface area contributed by atoms with E-state index in [0.29, 0.717) is 16.5 Å². The first kappa shape index (κ1) is 97.8. The molecule has 35 N–H and O–H groups in total. The number of nitrogens with one attached hydrogen (secondary N) is 17. The van der Waals surface area contributed by atoms with Crippen molar-refractivity contribution >= 4 is 129 Å². The highest BCUT2D eigenvalue weighted by Gasteiger charge is 2.40. The summed E-state index contributed by atoms with van der Waals surface area (Å²) in [6.07, 6.45) is -5.94. The summed E-state index contributed by atoms with van der Waals surface area (Å²) in [5.41, 5.74) is 45.5. The lowest BCUT2D eigenvalue weighted by molar-refractivity contribution is -0.142. The fraction of sp³-hybridized carbons (Fsp3) is 0.594. The number of guanidine groups is 2. The summed E-state index contributed by atoms with van der Waals surface area (Å²) >= 11 is 0. The Kier molecular flexibility index (Phi) is 41.6. The maximum Gasteiger partial charge on any atom is 0.325 e. The first-order valence-electron chi connectivity index (χ1n) is 36.7. The number of aromatic amines is 1. The van der Waals surface area contributed by atoms with Gasteiger partial charge in [-0.2, -0.15) is 0 Å². The topological polar surface area (TPSA) is 788 Å². The van der Waals surface area contributed by atoms with Gasteiger partial charge >= 0.3 is 5.97 Å². The normalized spacial score (nSPS) is 15.1. The molecule has 1 aromatic heterocycles. The van der Waals surface area contributed by atoms with Crippen molar-refractivity contribution in [3.8, 4) is 0 Å². The number of aliphatic hydroxyl groups is 1. The van der Waals surface area contributed by atoms with E-state index in [1.807, 2.05) is 0 Å². The van der Waals surface area contributed by atoms with Gasteiger partial charge in [0.2, 0.25) is 100 Å². The predicted molar refractivity (Wildman–Crippen MR) is 408 cm³/mol. The van der Waals surface area contributed by atoms with E-state index >= 15 is 0 Å². The van der Waals surface area contributed by atoms with E-state index in [2.05, 4.69) is 79.4 Å². The van der Waals surface area contributed by atoms with Gasteiger partial charge in [-0.25, -0.2) is 0 Å². The number of carboxylic acid groups (broad SMARTS) is 1. The molecule has 45 nitrogen and oxygen atoms in total. The first-order chi connectivity index (χ1) is 53.2. The molecule has 0 bridgehead atoms. The Morgan fingerprint density at radius 1 is 0.421 bits per heavy atom. The lowest BCUT2D eigenvalue weighted by Crippen LogP contribution is -2.62. The Morgan fingerprint density at radius 2 is 0.763 bits per heavy atom. The van der Waals surface area contributed by atoms with Crippen LogP contribution in [0.3, 0.4) is 0 Å². The monoisotopic (exact) mass is 1610 g/mol. The maximum absolute atomic E-state index is 14.5. The number of carbonyl (C=O) groups excluding carboxylic acids is 17. The van der Waals surface area contributed by atoms with Gasteiger partial charge in [-0.1, -0.05) is 66.2 Å². The average Bonchev–Trinajstić information content (AvgIpc) is 1.64. The smallest absolute Gasteiger partial charge is 0.325 e. The van der Waals surface area contributed by atoms with Crippen molar-refractivity contribution in [1.29, 1.82) is 10.8 Å². The molecule has 0 saturated heterocycles. The van der Waals surface area contributed by atoms with E-state index in [0.717, 1.165) is 13.8 Å². The van der Waals surface area contributed by atoms with Crippen LogP contribution < -0.4 is 120 Å². The van der Waals surface area contributed by atoms with Crippen LogP contribution in [0.4, 0.5) is 0 Å². The van der Waals surface area contributed by atoms with Crippen LogP contribution in [0.15, 0.2) is 30.5 Å². The Hall–Kier alpha value is -12.3. The van der Waals surface area contributed by atoms with E-state index in [9.17, 15) is 96.5 Å². The van der Waals surface area contributed by atoms with Crippen molar-refractivity contribution in [3.63, 3.8) is 0 Å². The van der Waals surface area contributed by atoms with Crippen molar-refractivity contribution in [2.75, 3.05) is 13.1 Å². The van der Waals surface area contributed by atoms with Gasteiger partial charge in [0, 0.05) is 43.0 Å². The molecule has 2 rings (SSSR count). The Bertz CT molecular complexity index is 3780. The second-order valence-corrected chi connectivity index (χ2v) is 28.3. The molecule has 0 aliphatic rings. The van der Waals surface area contributed by atoms with Crippen LogP contribution in [0.5, 0.6) is 0 Å². The van der Waals surface area contributed by atoms with Crippen molar-refractivity contribution in [2.24, 2.45) is 63.6 Å². The molecule has 0 unspecified atom stereocenters. The zero-order chi connectivity index (χ0) is 86.5. The summed E-state index contributed by atoms with van der Waals surface area (Å²) in [4.78, 5) is 246.